The number of hydrogen-bond donors (Lipinski definition) is 2. The van der Waals surface area contributed by atoms with E-state index in [2.05, 4.69) is 10.3 Å². The first-order valence-corrected chi connectivity index (χ1v) is 8.88. The van der Waals surface area contributed by atoms with Crippen LogP contribution in [0.25, 0.3) is 0 Å². The predicted molar refractivity (Wildman–Crippen MR) is 92.3 cm³/mol. The molecule has 0 bridgehead atoms. The molecule has 24 heavy (non-hydrogen) atoms. The number of amides is 1. The van der Waals surface area contributed by atoms with Crippen molar-refractivity contribution in [3.63, 3.8) is 0 Å². The minimum atomic E-state index is -0.910. The molecule has 0 unspecified atom stereocenters. The van der Waals surface area contributed by atoms with Gasteiger partial charge in [0, 0.05) is 12.6 Å². The zero-order valence-corrected chi connectivity index (χ0v) is 14.6. The summed E-state index contributed by atoms with van der Waals surface area (Å²) in [5.74, 6) is -0.846. The summed E-state index contributed by atoms with van der Waals surface area (Å²) >= 11 is 0. The summed E-state index contributed by atoms with van der Waals surface area (Å²) in [6, 6.07) is 5.43. The van der Waals surface area contributed by atoms with Crippen molar-refractivity contribution >= 4 is 11.9 Å². The average molecular weight is 332 g/mol. The molecule has 0 aromatic carbocycles. The van der Waals surface area contributed by atoms with Crippen LogP contribution < -0.4 is 5.32 Å². The van der Waals surface area contributed by atoms with Crippen LogP contribution in [0.15, 0.2) is 24.4 Å². The van der Waals surface area contributed by atoms with Crippen molar-refractivity contribution in [1.82, 2.24) is 10.3 Å². The normalized spacial score (nSPS) is 18.6. The third kappa shape index (κ3) is 4.56. The number of carboxylic acids is 1. The standard InChI is InChI=1S/C19H28N2O3/c1-14(2)17(15-9-5-8-12-20-15)21-16(22)13-19(18(23)24)10-6-3-4-7-11-19/h5,8-9,12,14,17H,3-4,6-7,10-11,13H2,1-2H3,(H,21,22)(H,23,24)/t17-/m0/s1. The second-order valence-electron chi connectivity index (χ2n) is 7.22. The van der Waals surface area contributed by atoms with Crippen LogP contribution in [-0.2, 0) is 9.59 Å². The highest BCUT2D eigenvalue weighted by Crippen LogP contribution is 2.38. The molecule has 1 heterocycles. The molecule has 5 heteroatoms. The molecule has 1 aromatic heterocycles. The lowest BCUT2D eigenvalue weighted by atomic mass is 9.77. The van der Waals surface area contributed by atoms with Crippen LogP contribution >= 0.6 is 0 Å². The van der Waals surface area contributed by atoms with E-state index in [1.165, 1.54) is 0 Å². The fraction of sp³-hybridized carbons (Fsp3) is 0.632. The Bertz CT molecular complexity index is 549. The van der Waals surface area contributed by atoms with Crippen molar-refractivity contribution < 1.29 is 14.7 Å². The molecule has 132 valence electrons. The molecule has 2 rings (SSSR count). The minimum absolute atomic E-state index is 0.0540. The summed E-state index contributed by atoms with van der Waals surface area (Å²) in [5.41, 5.74) is -0.0993. The van der Waals surface area contributed by atoms with E-state index in [1.807, 2.05) is 32.0 Å². The smallest absolute Gasteiger partial charge is 0.310 e. The lowest BCUT2D eigenvalue weighted by Gasteiger charge is -2.29. The van der Waals surface area contributed by atoms with E-state index in [9.17, 15) is 14.7 Å². The first kappa shape index (κ1) is 18.4. The monoisotopic (exact) mass is 332 g/mol. The maximum Gasteiger partial charge on any atom is 0.310 e. The van der Waals surface area contributed by atoms with Gasteiger partial charge in [-0.05, 0) is 30.9 Å². The molecule has 1 saturated carbocycles. The number of carbonyl (C=O) groups excluding carboxylic acids is 1. The Morgan fingerprint density at radius 1 is 1.21 bits per heavy atom. The second-order valence-corrected chi connectivity index (χ2v) is 7.22. The van der Waals surface area contributed by atoms with Crippen molar-refractivity contribution in [3.8, 4) is 0 Å². The largest absolute Gasteiger partial charge is 0.481 e. The molecule has 0 saturated heterocycles. The van der Waals surface area contributed by atoms with Crippen molar-refractivity contribution in [3.05, 3.63) is 30.1 Å². The van der Waals surface area contributed by atoms with E-state index < -0.39 is 11.4 Å². The number of pyridine rings is 1. The molecule has 0 spiro atoms. The van der Waals surface area contributed by atoms with E-state index in [4.69, 9.17) is 0 Å². The molecule has 1 aliphatic rings. The second kappa shape index (κ2) is 8.27. The van der Waals surface area contributed by atoms with Crippen LogP contribution in [0, 0.1) is 11.3 Å². The molecule has 5 nitrogen and oxygen atoms in total. The number of carboxylic acid groups (broad SMARTS) is 1. The lowest BCUT2D eigenvalue weighted by Crippen LogP contribution is -2.40. The SMILES string of the molecule is CC(C)[C@H](NC(=O)CC1(C(=O)O)CCCCCC1)c1ccccn1. The van der Waals surface area contributed by atoms with Gasteiger partial charge in [0.1, 0.15) is 0 Å². The number of aliphatic carboxylic acids is 1. The molecular formula is C19H28N2O3. The fourth-order valence-corrected chi connectivity index (χ4v) is 3.55. The number of aromatic nitrogens is 1. The number of nitrogens with zero attached hydrogens (tertiary/aromatic N) is 1. The molecule has 2 N–H and O–H groups in total. The van der Waals surface area contributed by atoms with E-state index in [0.717, 1.165) is 31.4 Å². The Balaban J connectivity index is 2.10. The van der Waals surface area contributed by atoms with Crippen LogP contribution in [0.5, 0.6) is 0 Å². The van der Waals surface area contributed by atoms with Crippen LogP contribution in [0.3, 0.4) is 0 Å². The topological polar surface area (TPSA) is 79.3 Å². The van der Waals surface area contributed by atoms with Crippen molar-refractivity contribution in [2.75, 3.05) is 0 Å². The number of carbonyl (C=O) groups is 2. The quantitative estimate of drug-likeness (QED) is 0.778. The first-order valence-electron chi connectivity index (χ1n) is 8.88. The maximum atomic E-state index is 12.6. The van der Waals surface area contributed by atoms with Gasteiger partial charge in [-0.2, -0.15) is 0 Å². The summed E-state index contributed by atoms with van der Waals surface area (Å²) in [5, 5.41) is 12.7. The Labute approximate surface area is 143 Å². The van der Waals surface area contributed by atoms with Gasteiger partial charge in [0.05, 0.1) is 17.2 Å². The summed E-state index contributed by atoms with van der Waals surface area (Å²) in [7, 11) is 0. The van der Waals surface area contributed by atoms with Gasteiger partial charge >= 0.3 is 5.97 Å². The molecule has 1 amide bonds. The predicted octanol–water partition coefficient (Wildman–Crippen LogP) is 3.71. The molecule has 1 aromatic rings. The maximum absolute atomic E-state index is 12.6. The van der Waals surface area contributed by atoms with Crippen molar-refractivity contribution in [2.45, 2.75) is 64.8 Å². The summed E-state index contributed by atoms with van der Waals surface area (Å²) in [4.78, 5) is 28.8. The Kier molecular flexibility index (Phi) is 6.35. The third-order valence-electron chi connectivity index (χ3n) is 5.00. The van der Waals surface area contributed by atoms with E-state index in [-0.39, 0.29) is 24.3 Å². The average Bonchev–Trinajstić information content (AvgIpc) is 2.79. The Morgan fingerprint density at radius 2 is 1.88 bits per heavy atom. The number of nitrogens with one attached hydrogen (secondary N) is 1. The number of rotatable bonds is 6. The fourth-order valence-electron chi connectivity index (χ4n) is 3.55. The zero-order valence-electron chi connectivity index (χ0n) is 14.6. The van der Waals surface area contributed by atoms with Gasteiger partial charge in [0.2, 0.25) is 5.91 Å². The van der Waals surface area contributed by atoms with Crippen LogP contribution in [0.2, 0.25) is 0 Å². The van der Waals surface area contributed by atoms with Gasteiger partial charge in [-0.3, -0.25) is 14.6 Å². The molecule has 1 fully saturated rings. The molecule has 0 radical (unpaired) electrons. The van der Waals surface area contributed by atoms with Gasteiger partial charge < -0.3 is 10.4 Å². The van der Waals surface area contributed by atoms with Crippen molar-refractivity contribution in [1.29, 1.82) is 0 Å². The molecule has 1 atom stereocenters. The summed E-state index contributed by atoms with van der Waals surface area (Å²) in [6.45, 7) is 4.05. The highest BCUT2D eigenvalue weighted by atomic mass is 16.4. The first-order chi connectivity index (χ1) is 11.4. The van der Waals surface area contributed by atoms with E-state index in [0.29, 0.717) is 12.8 Å². The molecule has 0 aliphatic heterocycles. The third-order valence-corrected chi connectivity index (χ3v) is 5.00. The lowest BCUT2D eigenvalue weighted by molar-refractivity contribution is -0.153. The highest BCUT2D eigenvalue weighted by Gasteiger charge is 2.41. The Hall–Kier alpha value is -1.91. The van der Waals surface area contributed by atoms with Gasteiger partial charge in [0.25, 0.3) is 0 Å². The minimum Gasteiger partial charge on any atom is -0.481 e. The summed E-state index contributed by atoms with van der Waals surface area (Å²) < 4.78 is 0. The number of hydrogen-bond acceptors (Lipinski definition) is 3. The van der Waals surface area contributed by atoms with Crippen LogP contribution in [-0.4, -0.2) is 22.0 Å². The summed E-state index contributed by atoms with van der Waals surface area (Å²) in [6.07, 6.45) is 6.82. The highest BCUT2D eigenvalue weighted by molar-refractivity contribution is 5.85. The van der Waals surface area contributed by atoms with Gasteiger partial charge in [0.15, 0.2) is 0 Å². The van der Waals surface area contributed by atoms with Gasteiger partial charge in [-0.15, -0.1) is 0 Å². The Morgan fingerprint density at radius 3 is 2.38 bits per heavy atom. The van der Waals surface area contributed by atoms with E-state index in [1.54, 1.807) is 6.20 Å². The van der Waals surface area contributed by atoms with Crippen LogP contribution in [0.4, 0.5) is 0 Å². The molecular weight excluding hydrogens is 304 g/mol. The van der Waals surface area contributed by atoms with Crippen LogP contribution in [0.1, 0.15) is 70.5 Å². The van der Waals surface area contributed by atoms with Gasteiger partial charge in [-0.25, -0.2) is 0 Å². The molecule has 1 aliphatic carbocycles. The zero-order chi connectivity index (χ0) is 17.6. The van der Waals surface area contributed by atoms with Gasteiger partial charge in [-0.1, -0.05) is 45.6 Å². The van der Waals surface area contributed by atoms with Crippen molar-refractivity contribution in [2.24, 2.45) is 11.3 Å². The van der Waals surface area contributed by atoms with E-state index >= 15 is 0 Å².